The second kappa shape index (κ2) is 16.6. The summed E-state index contributed by atoms with van der Waals surface area (Å²) >= 11 is 7.58. The molecule has 8 nitrogen and oxygen atoms in total. The van der Waals surface area contributed by atoms with Gasteiger partial charge in [0.05, 0.1) is 23.9 Å². The highest BCUT2D eigenvalue weighted by molar-refractivity contribution is 7.98. The van der Waals surface area contributed by atoms with Gasteiger partial charge in [-0.25, -0.2) is 26.6 Å². The second-order valence-electron chi connectivity index (χ2n) is 13.5. The molecule has 52 heavy (non-hydrogen) atoms. The van der Waals surface area contributed by atoms with Crippen LogP contribution in [0.15, 0.2) is 64.8 Å². The van der Waals surface area contributed by atoms with Gasteiger partial charge in [0.2, 0.25) is 15.8 Å². The van der Waals surface area contributed by atoms with Crippen molar-refractivity contribution < 1.29 is 40.6 Å². The molecular weight excluding hydrogens is 742 g/mol. The van der Waals surface area contributed by atoms with Gasteiger partial charge in [-0.05, 0) is 85.7 Å². The van der Waals surface area contributed by atoms with Gasteiger partial charge in [-0.15, -0.1) is 0 Å². The van der Waals surface area contributed by atoms with Crippen LogP contribution in [-0.4, -0.2) is 53.0 Å². The standard InChI is InChI=1S/C37H42ClF4N3O5S2/c1-21(2)22(3)9-8-14-44(23(4)35(46)47)52(48,49)27-17-29(38)28(30(40)18-27)20-51-36-43-19-33(45(36)26-12-10-25(39)11-13-26)37(5,6)24-15-31(41)34(42)32(16-24)50-7/h10-13,15-19,21-23H,8-9,14,20H2,1-7H3,(H,46,47). The van der Waals surface area contributed by atoms with E-state index < -0.39 is 55.6 Å². The quantitative estimate of drug-likeness (QED) is 0.0893. The Morgan fingerprint density at radius 3 is 2.27 bits per heavy atom. The van der Waals surface area contributed by atoms with Crippen LogP contribution < -0.4 is 4.74 Å². The molecule has 15 heteroatoms. The van der Waals surface area contributed by atoms with Crippen molar-refractivity contribution in [2.75, 3.05) is 13.7 Å². The highest BCUT2D eigenvalue weighted by atomic mass is 35.5. The number of methoxy groups -OCH3 is 1. The normalized spacial score (nSPS) is 13.5. The molecule has 0 amide bonds. The molecule has 4 rings (SSSR count). The summed E-state index contributed by atoms with van der Waals surface area (Å²) < 4.78 is 93.8. The van der Waals surface area contributed by atoms with Crippen LogP contribution in [0.2, 0.25) is 5.02 Å². The molecule has 0 aliphatic rings. The first-order chi connectivity index (χ1) is 24.3. The van der Waals surface area contributed by atoms with E-state index in [9.17, 15) is 31.5 Å². The Kier molecular flexibility index (Phi) is 13.2. The van der Waals surface area contributed by atoms with Crippen LogP contribution in [0.25, 0.3) is 5.69 Å². The number of thioether (sulfide) groups is 1. The molecule has 2 atom stereocenters. The van der Waals surface area contributed by atoms with Crippen LogP contribution in [-0.2, 0) is 26.0 Å². The predicted molar refractivity (Wildman–Crippen MR) is 194 cm³/mol. The fourth-order valence-electron chi connectivity index (χ4n) is 5.62. The number of carboxylic acids is 1. The minimum Gasteiger partial charge on any atom is -0.494 e. The summed E-state index contributed by atoms with van der Waals surface area (Å²) in [5.74, 6) is -4.78. The Bertz CT molecular complexity index is 2000. The smallest absolute Gasteiger partial charge is 0.321 e. The first-order valence-corrected chi connectivity index (χ1v) is 19.3. The fraction of sp³-hybridized carbons (Fsp3) is 0.405. The first kappa shape index (κ1) is 41.2. The highest BCUT2D eigenvalue weighted by Crippen LogP contribution is 2.40. The Morgan fingerprint density at radius 2 is 1.69 bits per heavy atom. The van der Waals surface area contributed by atoms with Crippen LogP contribution in [0.3, 0.4) is 0 Å². The lowest BCUT2D eigenvalue weighted by molar-refractivity contribution is -0.140. The van der Waals surface area contributed by atoms with Crippen molar-refractivity contribution >= 4 is 39.4 Å². The number of hydrogen-bond donors (Lipinski definition) is 1. The molecule has 282 valence electrons. The lowest BCUT2D eigenvalue weighted by Gasteiger charge is -2.28. The number of halogens is 5. The number of imidazole rings is 1. The van der Waals surface area contributed by atoms with Gasteiger partial charge in [-0.1, -0.05) is 58.0 Å². The summed E-state index contributed by atoms with van der Waals surface area (Å²) in [6, 6.07) is 8.46. The maximum Gasteiger partial charge on any atom is 0.321 e. The molecule has 0 saturated heterocycles. The minimum absolute atomic E-state index is 0.0333. The van der Waals surface area contributed by atoms with Gasteiger partial charge >= 0.3 is 5.97 Å². The van der Waals surface area contributed by atoms with E-state index in [1.165, 1.54) is 50.6 Å². The summed E-state index contributed by atoms with van der Waals surface area (Å²) in [7, 11) is -3.25. The van der Waals surface area contributed by atoms with Crippen molar-refractivity contribution in [3.8, 4) is 11.4 Å². The number of carboxylic acid groups (broad SMARTS) is 1. The van der Waals surface area contributed by atoms with Crippen molar-refractivity contribution in [1.29, 1.82) is 0 Å². The van der Waals surface area contributed by atoms with E-state index in [0.717, 1.165) is 34.3 Å². The monoisotopic (exact) mass is 783 g/mol. The number of rotatable bonds is 16. The van der Waals surface area contributed by atoms with E-state index in [1.54, 1.807) is 18.4 Å². The summed E-state index contributed by atoms with van der Waals surface area (Å²) in [5, 5.41) is 9.82. The zero-order chi connectivity index (χ0) is 38.7. The third kappa shape index (κ3) is 8.78. The van der Waals surface area contributed by atoms with Gasteiger partial charge in [0.25, 0.3) is 0 Å². The molecule has 3 aromatic carbocycles. The van der Waals surface area contributed by atoms with E-state index in [-0.39, 0.29) is 34.6 Å². The molecule has 0 radical (unpaired) electrons. The van der Waals surface area contributed by atoms with Gasteiger partial charge in [0.1, 0.15) is 17.7 Å². The third-order valence-corrected chi connectivity index (χ3v) is 12.7. The number of benzene rings is 3. The lowest BCUT2D eigenvalue weighted by atomic mass is 9.81. The van der Waals surface area contributed by atoms with Crippen molar-refractivity contribution in [2.45, 2.75) is 81.6 Å². The van der Waals surface area contributed by atoms with Gasteiger partial charge in [-0.2, -0.15) is 8.70 Å². The van der Waals surface area contributed by atoms with Gasteiger partial charge in [0, 0.05) is 34.0 Å². The van der Waals surface area contributed by atoms with E-state index >= 15 is 4.39 Å². The number of carbonyl (C=O) groups is 1. The second-order valence-corrected chi connectivity index (χ2v) is 16.7. The largest absolute Gasteiger partial charge is 0.494 e. The molecule has 0 saturated carbocycles. The van der Waals surface area contributed by atoms with E-state index in [2.05, 4.69) is 4.98 Å². The van der Waals surface area contributed by atoms with Gasteiger partial charge in [0.15, 0.2) is 16.7 Å². The van der Waals surface area contributed by atoms with E-state index in [4.69, 9.17) is 16.3 Å². The Morgan fingerprint density at radius 1 is 1.04 bits per heavy atom. The van der Waals surface area contributed by atoms with Gasteiger partial charge in [-0.3, -0.25) is 9.36 Å². The summed E-state index contributed by atoms with van der Waals surface area (Å²) in [4.78, 5) is 16.0. The number of hydrogen-bond acceptors (Lipinski definition) is 6. The van der Waals surface area contributed by atoms with Crippen molar-refractivity contribution in [3.63, 3.8) is 0 Å². The van der Waals surface area contributed by atoms with Crippen molar-refractivity contribution in [2.24, 2.45) is 11.8 Å². The average molecular weight is 784 g/mol. The predicted octanol–water partition coefficient (Wildman–Crippen LogP) is 9.25. The highest BCUT2D eigenvalue weighted by Gasteiger charge is 2.35. The summed E-state index contributed by atoms with van der Waals surface area (Å²) in [5.41, 5.74) is 0.274. The average Bonchev–Trinajstić information content (AvgIpc) is 3.51. The topological polar surface area (TPSA) is 102 Å². The molecule has 0 aliphatic carbocycles. The number of sulfonamides is 1. The molecule has 0 spiro atoms. The van der Waals surface area contributed by atoms with Crippen LogP contribution in [0.4, 0.5) is 17.6 Å². The maximum absolute atomic E-state index is 15.8. The zero-order valence-corrected chi connectivity index (χ0v) is 32.3. The SMILES string of the molecule is COc1cc(C(C)(C)c2cnc(SCc3c(F)cc(S(=O)(=O)N(CCCC(C)C(C)C)C(C)C(=O)O)cc3Cl)n2-c2ccc(F)cc2)cc(F)c1F. The van der Waals surface area contributed by atoms with Crippen LogP contribution in [0.1, 0.15) is 71.2 Å². The zero-order valence-electron chi connectivity index (χ0n) is 29.9. The number of aromatic nitrogens is 2. The number of ether oxygens (including phenoxy) is 1. The van der Waals surface area contributed by atoms with E-state index in [0.29, 0.717) is 40.9 Å². The molecule has 0 aliphatic heterocycles. The number of nitrogens with zero attached hydrogens (tertiary/aromatic N) is 3. The van der Waals surface area contributed by atoms with Gasteiger partial charge < -0.3 is 9.84 Å². The molecule has 1 N–H and O–H groups in total. The molecule has 0 fully saturated rings. The summed E-state index contributed by atoms with van der Waals surface area (Å²) in [6.45, 7) is 10.8. The molecule has 0 bridgehead atoms. The van der Waals surface area contributed by atoms with Crippen LogP contribution in [0, 0.1) is 35.1 Å². The molecule has 4 aromatic rings. The minimum atomic E-state index is -4.47. The Balaban J connectivity index is 1.70. The molecular formula is C37H42ClF4N3O5S2. The Labute approximate surface area is 311 Å². The Hall–Kier alpha value is -3.59. The third-order valence-electron chi connectivity index (χ3n) is 9.42. The summed E-state index contributed by atoms with van der Waals surface area (Å²) in [6.07, 6.45) is 2.60. The first-order valence-electron chi connectivity index (χ1n) is 16.5. The molecule has 2 unspecified atom stereocenters. The van der Waals surface area contributed by atoms with Crippen molar-refractivity contribution in [3.05, 3.63) is 99.8 Å². The maximum atomic E-state index is 15.8. The van der Waals surface area contributed by atoms with Crippen LogP contribution >= 0.6 is 23.4 Å². The molecule has 1 heterocycles. The lowest BCUT2D eigenvalue weighted by Crippen LogP contribution is -2.43. The molecule has 1 aromatic heterocycles. The fourth-order valence-corrected chi connectivity index (χ4v) is 8.74. The van der Waals surface area contributed by atoms with Crippen LogP contribution in [0.5, 0.6) is 5.75 Å². The van der Waals surface area contributed by atoms with Crippen molar-refractivity contribution in [1.82, 2.24) is 13.9 Å². The number of aliphatic carboxylic acids is 1. The van der Waals surface area contributed by atoms with E-state index in [1.807, 2.05) is 20.8 Å².